The number of H-pyrrole nitrogens is 1. The van der Waals surface area contributed by atoms with Crippen molar-refractivity contribution in [3.05, 3.63) is 48.3 Å². The number of likely N-dealkylation sites (tertiary alicyclic amines) is 1. The summed E-state index contributed by atoms with van der Waals surface area (Å²) in [6.07, 6.45) is 6.91. The Morgan fingerprint density at radius 1 is 1.35 bits per heavy atom. The first-order valence-electron chi connectivity index (χ1n) is 6.57. The normalized spacial score (nSPS) is 23.0. The average Bonchev–Trinajstić information content (AvgIpc) is 3.10. The number of nitrogens with one attached hydrogen (secondary N) is 1. The molecule has 104 valence electrons. The van der Waals surface area contributed by atoms with E-state index in [-0.39, 0.29) is 11.8 Å². The molecule has 1 saturated heterocycles. The Bertz CT molecular complexity index is 570. The molecular weight excluding hydrogens is 256 g/mol. The molecule has 0 unspecified atom stereocenters. The number of aromatic nitrogens is 3. The zero-order valence-corrected chi connectivity index (χ0v) is 10.9. The van der Waals surface area contributed by atoms with E-state index in [9.17, 15) is 9.90 Å². The lowest BCUT2D eigenvalue weighted by atomic mass is 9.90. The van der Waals surface area contributed by atoms with Crippen molar-refractivity contribution in [3.8, 4) is 0 Å². The third kappa shape index (κ3) is 2.55. The van der Waals surface area contributed by atoms with Gasteiger partial charge in [-0.1, -0.05) is 0 Å². The van der Waals surface area contributed by atoms with Crippen LogP contribution >= 0.6 is 0 Å². The van der Waals surface area contributed by atoms with E-state index < -0.39 is 5.97 Å². The third-order valence-corrected chi connectivity index (χ3v) is 3.78. The van der Waals surface area contributed by atoms with E-state index in [1.54, 1.807) is 24.8 Å². The summed E-state index contributed by atoms with van der Waals surface area (Å²) in [7, 11) is 0. The molecule has 2 N–H and O–H groups in total. The molecule has 0 spiro atoms. The molecule has 1 aliphatic heterocycles. The van der Waals surface area contributed by atoms with Crippen molar-refractivity contribution in [2.45, 2.75) is 12.5 Å². The molecule has 1 fully saturated rings. The van der Waals surface area contributed by atoms with Gasteiger partial charge in [0.1, 0.15) is 5.82 Å². The van der Waals surface area contributed by atoms with Crippen LogP contribution in [0.1, 0.15) is 17.3 Å². The second kappa shape index (κ2) is 5.42. The van der Waals surface area contributed by atoms with Gasteiger partial charge in [0.2, 0.25) is 0 Å². The SMILES string of the molecule is O=C(O)[C@@H]1CN(Cc2ncc[nH]2)C[C@H]1c1ccncc1. The number of rotatable bonds is 4. The van der Waals surface area contributed by atoms with Gasteiger partial charge in [0.25, 0.3) is 0 Å². The van der Waals surface area contributed by atoms with Gasteiger partial charge in [0.15, 0.2) is 0 Å². The number of aliphatic carboxylic acids is 1. The standard InChI is InChI=1S/C14H16N4O2/c19-14(20)12-8-18(9-13-16-5-6-17-13)7-11(12)10-1-3-15-4-2-10/h1-6,11-12H,7-9H2,(H,16,17)(H,19,20)/t11-,12+/m0/s1. The Kier molecular flexibility index (Phi) is 3.47. The maximum atomic E-state index is 11.5. The van der Waals surface area contributed by atoms with Gasteiger partial charge in [0.05, 0.1) is 12.5 Å². The minimum atomic E-state index is -0.742. The maximum absolute atomic E-state index is 11.5. The molecule has 1 aliphatic rings. The van der Waals surface area contributed by atoms with Crippen LogP contribution in [0.15, 0.2) is 36.9 Å². The number of nitrogens with zero attached hydrogens (tertiary/aromatic N) is 3. The van der Waals surface area contributed by atoms with Crippen LogP contribution in [0.5, 0.6) is 0 Å². The summed E-state index contributed by atoms with van der Waals surface area (Å²) in [6.45, 7) is 1.92. The van der Waals surface area contributed by atoms with Crippen molar-refractivity contribution in [3.63, 3.8) is 0 Å². The van der Waals surface area contributed by atoms with Gasteiger partial charge >= 0.3 is 5.97 Å². The molecule has 2 atom stereocenters. The molecule has 20 heavy (non-hydrogen) atoms. The van der Waals surface area contributed by atoms with Crippen LogP contribution in [-0.4, -0.2) is 44.0 Å². The molecule has 3 rings (SSSR count). The van der Waals surface area contributed by atoms with Crippen molar-refractivity contribution >= 4 is 5.97 Å². The first-order valence-corrected chi connectivity index (χ1v) is 6.57. The summed E-state index contributed by atoms with van der Waals surface area (Å²) in [5.41, 5.74) is 1.04. The predicted molar refractivity (Wildman–Crippen MR) is 72.0 cm³/mol. The number of hydrogen-bond donors (Lipinski definition) is 2. The van der Waals surface area contributed by atoms with Gasteiger partial charge in [0, 0.05) is 43.8 Å². The fourth-order valence-corrected chi connectivity index (χ4v) is 2.81. The maximum Gasteiger partial charge on any atom is 0.308 e. The summed E-state index contributed by atoms with van der Waals surface area (Å²) in [6, 6.07) is 3.80. The lowest BCUT2D eigenvalue weighted by molar-refractivity contribution is -0.141. The van der Waals surface area contributed by atoms with Crippen molar-refractivity contribution < 1.29 is 9.90 Å². The van der Waals surface area contributed by atoms with Crippen LogP contribution in [0.3, 0.4) is 0 Å². The zero-order chi connectivity index (χ0) is 13.9. The first-order chi connectivity index (χ1) is 9.74. The fourth-order valence-electron chi connectivity index (χ4n) is 2.81. The highest BCUT2D eigenvalue weighted by Crippen LogP contribution is 2.33. The molecule has 2 aromatic heterocycles. The van der Waals surface area contributed by atoms with Gasteiger partial charge in [-0.2, -0.15) is 0 Å². The van der Waals surface area contributed by atoms with Gasteiger partial charge in [-0.3, -0.25) is 14.7 Å². The third-order valence-electron chi connectivity index (χ3n) is 3.78. The predicted octanol–water partition coefficient (Wildman–Crippen LogP) is 1.10. The zero-order valence-electron chi connectivity index (χ0n) is 10.9. The number of carbonyl (C=O) groups is 1. The van der Waals surface area contributed by atoms with E-state index in [1.165, 1.54) is 0 Å². The van der Waals surface area contributed by atoms with Crippen LogP contribution in [0.25, 0.3) is 0 Å². The molecule has 0 aromatic carbocycles. The van der Waals surface area contributed by atoms with Crippen molar-refractivity contribution in [2.75, 3.05) is 13.1 Å². The summed E-state index contributed by atoms with van der Waals surface area (Å²) in [5, 5.41) is 9.42. The summed E-state index contributed by atoms with van der Waals surface area (Å²) < 4.78 is 0. The summed E-state index contributed by atoms with van der Waals surface area (Å²) in [4.78, 5) is 24.8. The molecule has 0 aliphatic carbocycles. The number of hydrogen-bond acceptors (Lipinski definition) is 4. The lowest BCUT2D eigenvalue weighted by Gasteiger charge is -2.15. The number of aromatic amines is 1. The Morgan fingerprint density at radius 2 is 2.15 bits per heavy atom. The Hall–Kier alpha value is -2.21. The molecule has 3 heterocycles. The second-order valence-electron chi connectivity index (χ2n) is 5.06. The van der Waals surface area contributed by atoms with Crippen LogP contribution in [0.4, 0.5) is 0 Å². The number of imidazole rings is 1. The van der Waals surface area contributed by atoms with Gasteiger partial charge in [-0.25, -0.2) is 4.98 Å². The Balaban J connectivity index is 1.77. The minimum absolute atomic E-state index is 0.00506. The van der Waals surface area contributed by atoms with Crippen molar-refractivity contribution in [1.82, 2.24) is 19.9 Å². The average molecular weight is 272 g/mol. The van der Waals surface area contributed by atoms with E-state index in [0.717, 1.165) is 17.9 Å². The monoisotopic (exact) mass is 272 g/mol. The van der Waals surface area contributed by atoms with Crippen molar-refractivity contribution in [1.29, 1.82) is 0 Å². The van der Waals surface area contributed by atoms with Crippen LogP contribution in [0, 0.1) is 5.92 Å². The molecular formula is C14H16N4O2. The van der Waals surface area contributed by atoms with E-state index in [2.05, 4.69) is 19.9 Å². The molecule has 0 amide bonds. The van der Waals surface area contributed by atoms with Crippen LogP contribution in [-0.2, 0) is 11.3 Å². The molecule has 0 bridgehead atoms. The molecule has 6 nitrogen and oxygen atoms in total. The smallest absolute Gasteiger partial charge is 0.308 e. The molecule has 0 saturated carbocycles. The van der Waals surface area contributed by atoms with Crippen LogP contribution in [0.2, 0.25) is 0 Å². The molecule has 0 radical (unpaired) electrons. The van der Waals surface area contributed by atoms with Crippen LogP contribution < -0.4 is 0 Å². The number of carboxylic acids is 1. The quantitative estimate of drug-likeness (QED) is 0.871. The largest absolute Gasteiger partial charge is 0.481 e. The summed E-state index contributed by atoms with van der Waals surface area (Å²) >= 11 is 0. The highest BCUT2D eigenvalue weighted by atomic mass is 16.4. The van der Waals surface area contributed by atoms with Gasteiger partial charge < -0.3 is 10.1 Å². The highest BCUT2D eigenvalue weighted by Gasteiger charge is 2.38. The minimum Gasteiger partial charge on any atom is -0.481 e. The highest BCUT2D eigenvalue weighted by molar-refractivity contribution is 5.72. The topological polar surface area (TPSA) is 82.1 Å². The molecule has 6 heteroatoms. The lowest BCUT2D eigenvalue weighted by Crippen LogP contribution is -2.23. The number of carboxylic acid groups (broad SMARTS) is 1. The fraction of sp³-hybridized carbons (Fsp3) is 0.357. The van der Waals surface area contributed by atoms with E-state index in [0.29, 0.717) is 13.1 Å². The van der Waals surface area contributed by atoms with Gasteiger partial charge in [-0.15, -0.1) is 0 Å². The Labute approximate surface area is 116 Å². The Morgan fingerprint density at radius 3 is 2.80 bits per heavy atom. The van der Waals surface area contributed by atoms with E-state index in [1.807, 2.05) is 12.1 Å². The van der Waals surface area contributed by atoms with Gasteiger partial charge in [-0.05, 0) is 17.7 Å². The molecule has 2 aromatic rings. The number of pyridine rings is 1. The van der Waals surface area contributed by atoms with E-state index in [4.69, 9.17) is 0 Å². The first kappa shape index (κ1) is 12.8. The van der Waals surface area contributed by atoms with E-state index >= 15 is 0 Å². The summed E-state index contributed by atoms with van der Waals surface area (Å²) in [5.74, 6) is -0.254. The van der Waals surface area contributed by atoms with Crippen molar-refractivity contribution in [2.24, 2.45) is 5.92 Å². The second-order valence-corrected chi connectivity index (χ2v) is 5.06.